The van der Waals surface area contributed by atoms with Gasteiger partial charge in [-0.3, -0.25) is 4.79 Å². The van der Waals surface area contributed by atoms with Gasteiger partial charge in [-0.15, -0.1) is 0 Å². The molecule has 1 heterocycles. The zero-order chi connectivity index (χ0) is 20.8. The Kier molecular flexibility index (Phi) is 5.36. The minimum Gasteiger partial charge on any atom is -0.339 e. The predicted molar refractivity (Wildman–Crippen MR) is 109 cm³/mol. The first-order valence-corrected chi connectivity index (χ1v) is 11.4. The lowest BCUT2D eigenvalue weighted by molar-refractivity contribution is -0.135. The van der Waals surface area contributed by atoms with Gasteiger partial charge < -0.3 is 4.90 Å². The number of sulfonamides is 1. The Bertz CT molecular complexity index is 1050. The highest BCUT2D eigenvalue weighted by molar-refractivity contribution is 7.89. The number of halogens is 3. The Morgan fingerprint density at radius 1 is 0.931 bits per heavy atom. The van der Waals surface area contributed by atoms with E-state index in [2.05, 4.69) is 0 Å². The molecule has 5 nitrogen and oxygen atoms in total. The molecule has 2 aromatic carbocycles. The third-order valence-corrected chi connectivity index (χ3v) is 8.24. The van der Waals surface area contributed by atoms with Gasteiger partial charge in [0.25, 0.3) is 0 Å². The number of rotatable bonds is 4. The lowest BCUT2D eigenvalue weighted by atomic mass is 9.94. The Balaban J connectivity index is 1.46. The Morgan fingerprint density at radius 2 is 1.55 bits per heavy atom. The largest absolute Gasteiger partial charge is 0.339 e. The van der Waals surface area contributed by atoms with Crippen molar-refractivity contribution in [2.75, 3.05) is 26.2 Å². The number of nitrogens with zero attached hydrogens (tertiary/aromatic N) is 2. The summed E-state index contributed by atoms with van der Waals surface area (Å²) < 4.78 is 40.3. The monoisotopic (exact) mass is 456 g/mol. The van der Waals surface area contributed by atoms with Crippen LogP contribution in [0.2, 0.25) is 10.0 Å². The van der Waals surface area contributed by atoms with E-state index < -0.39 is 15.4 Å². The molecule has 1 aliphatic heterocycles. The summed E-state index contributed by atoms with van der Waals surface area (Å²) in [6, 6.07) is 10.3. The van der Waals surface area contributed by atoms with Crippen LogP contribution >= 0.6 is 23.2 Å². The number of amides is 1. The average Bonchev–Trinajstić information content (AvgIpc) is 3.52. The first kappa shape index (κ1) is 20.6. The molecular formula is C20H19Cl2FN2O3S. The van der Waals surface area contributed by atoms with Crippen LogP contribution in [0.15, 0.2) is 47.4 Å². The molecule has 2 aliphatic rings. The summed E-state index contributed by atoms with van der Waals surface area (Å²) in [6.07, 6.45) is 1.44. The molecule has 29 heavy (non-hydrogen) atoms. The van der Waals surface area contributed by atoms with Crippen LogP contribution in [0.25, 0.3) is 0 Å². The van der Waals surface area contributed by atoms with Crippen LogP contribution < -0.4 is 0 Å². The fourth-order valence-electron chi connectivity index (χ4n) is 3.74. The van der Waals surface area contributed by atoms with E-state index in [-0.39, 0.29) is 39.8 Å². The van der Waals surface area contributed by atoms with Gasteiger partial charge >= 0.3 is 0 Å². The van der Waals surface area contributed by atoms with Crippen molar-refractivity contribution in [3.8, 4) is 0 Å². The minimum absolute atomic E-state index is 0.0179. The molecule has 2 aromatic rings. The summed E-state index contributed by atoms with van der Waals surface area (Å²) in [6.45, 7) is 1.02. The topological polar surface area (TPSA) is 57.7 Å². The van der Waals surface area contributed by atoms with Gasteiger partial charge in [-0.1, -0.05) is 35.3 Å². The van der Waals surface area contributed by atoms with Gasteiger partial charge in [0.1, 0.15) is 5.82 Å². The van der Waals surface area contributed by atoms with Crippen LogP contribution in [0.1, 0.15) is 18.4 Å². The highest BCUT2D eigenvalue weighted by atomic mass is 35.5. The molecule has 2 fully saturated rings. The van der Waals surface area contributed by atoms with Gasteiger partial charge in [-0.05, 0) is 48.7 Å². The van der Waals surface area contributed by atoms with E-state index in [4.69, 9.17) is 23.2 Å². The minimum atomic E-state index is -3.72. The smallest absolute Gasteiger partial charge is 0.243 e. The first-order chi connectivity index (χ1) is 13.7. The molecule has 1 saturated carbocycles. The van der Waals surface area contributed by atoms with Gasteiger partial charge in [0.15, 0.2) is 0 Å². The molecule has 0 spiro atoms. The van der Waals surface area contributed by atoms with Crippen molar-refractivity contribution in [3.05, 3.63) is 63.9 Å². The molecule has 4 rings (SSSR count). The van der Waals surface area contributed by atoms with E-state index in [0.29, 0.717) is 13.1 Å². The molecule has 0 radical (unpaired) electrons. The van der Waals surface area contributed by atoms with Crippen LogP contribution in [0.4, 0.5) is 4.39 Å². The van der Waals surface area contributed by atoms with E-state index >= 15 is 0 Å². The van der Waals surface area contributed by atoms with Gasteiger partial charge in [-0.2, -0.15) is 4.31 Å². The Morgan fingerprint density at radius 3 is 2.10 bits per heavy atom. The van der Waals surface area contributed by atoms with Crippen molar-refractivity contribution in [1.29, 1.82) is 0 Å². The van der Waals surface area contributed by atoms with Crippen molar-refractivity contribution in [3.63, 3.8) is 0 Å². The number of carbonyl (C=O) groups is 1. The van der Waals surface area contributed by atoms with Crippen molar-refractivity contribution in [2.45, 2.75) is 23.2 Å². The second-order valence-corrected chi connectivity index (χ2v) is 10.1. The molecule has 9 heteroatoms. The summed E-state index contributed by atoms with van der Waals surface area (Å²) >= 11 is 11.8. The van der Waals surface area contributed by atoms with Crippen LogP contribution in [0.3, 0.4) is 0 Å². The Hall–Kier alpha value is -1.67. The molecule has 0 aromatic heterocycles. The van der Waals surface area contributed by atoms with Crippen LogP contribution in [-0.2, 0) is 20.2 Å². The summed E-state index contributed by atoms with van der Waals surface area (Å²) in [5.74, 6) is -0.353. The van der Waals surface area contributed by atoms with Crippen LogP contribution in [-0.4, -0.2) is 49.7 Å². The SMILES string of the molecule is O=C(N1CCN(S(=O)(=O)c2ccc(Cl)c(Cl)c2)CC1)C1(c2ccc(F)cc2)CC1. The fourth-order valence-corrected chi connectivity index (χ4v) is 5.55. The van der Waals surface area contributed by atoms with Crippen molar-refractivity contribution in [1.82, 2.24) is 9.21 Å². The standard InChI is InChI=1S/C20H19Cl2FN2O3S/c21-17-6-5-16(13-18(17)22)29(27,28)25-11-9-24(10-12-25)19(26)20(7-8-20)14-1-3-15(23)4-2-14/h1-6,13H,7-12H2. The van der Waals surface area contributed by atoms with Crippen molar-refractivity contribution in [2.24, 2.45) is 0 Å². The number of hydrogen-bond acceptors (Lipinski definition) is 3. The lowest BCUT2D eigenvalue weighted by Crippen LogP contribution is -2.52. The highest BCUT2D eigenvalue weighted by Crippen LogP contribution is 2.49. The quantitative estimate of drug-likeness (QED) is 0.704. The van der Waals surface area contributed by atoms with Crippen molar-refractivity contribution >= 4 is 39.1 Å². The number of piperazine rings is 1. The van der Waals surface area contributed by atoms with Gasteiger partial charge in [0.2, 0.25) is 15.9 Å². The molecule has 0 atom stereocenters. The van der Waals surface area contributed by atoms with E-state index in [0.717, 1.165) is 18.4 Å². The molecule has 1 aliphatic carbocycles. The maximum Gasteiger partial charge on any atom is 0.243 e. The predicted octanol–water partition coefficient (Wildman–Crippen LogP) is 3.70. The maximum atomic E-state index is 13.2. The summed E-state index contributed by atoms with van der Waals surface area (Å²) in [4.78, 5) is 14.9. The number of carbonyl (C=O) groups excluding carboxylic acids is 1. The molecule has 0 bridgehead atoms. The van der Waals surface area contributed by atoms with E-state index in [9.17, 15) is 17.6 Å². The van der Waals surface area contributed by atoms with Gasteiger partial charge in [0, 0.05) is 26.2 Å². The third-order valence-electron chi connectivity index (χ3n) is 5.61. The average molecular weight is 457 g/mol. The van der Waals surface area contributed by atoms with Crippen LogP contribution in [0, 0.1) is 5.82 Å². The summed E-state index contributed by atoms with van der Waals surface area (Å²) in [5, 5.41) is 0.466. The molecule has 1 saturated heterocycles. The maximum absolute atomic E-state index is 13.2. The summed E-state index contributed by atoms with van der Waals surface area (Å²) in [7, 11) is -3.72. The molecule has 0 unspecified atom stereocenters. The zero-order valence-corrected chi connectivity index (χ0v) is 17.8. The molecular weight excluding hydrogens is 438 g/mol. The third kappa shape index (κ3) is 3.77. The van der Waals surface area contributed by atoms with Gasteiger partial charge in [0.05, 0.1) is 20.4 Å². The zero-order valence-electron chi connectivity index (χ0n) is 15.4. The normalized spacial score (nSPS) is 19.2. The van der Waals surface area contributed by atoms with E-state index in [1.165, 1.54) is 34.6 Å². The molecule has 1 amide bonds. The first-order valence-electron chi connectivity index (χ1n) is 9.25. The second-order valence-electron chi connectivity index (χ2n) is 7.36. The number of hydrogen-bond donors (Lipinski definition) is 0. The van der Waals surface area contributed by atoms with Crippen molar-refractivity contribution < 1.29 is 17.6 Å². The number of benzene rings is 2. The second kappa shape index (κ2) is 7.54. The highest BCUT2D eigenvalue weighted by Gasteiger charge is 2.53. The lowest BCUT2D eigenvalue weighted by Gasteiger charge is -2.36. The van der Waals surface area contributed by atoms with E-state index in [1.54, 1.807) is 17.0 Å². The van der Waals surface area contributed by atoms with E-state index in [1.807, 2.05) is 0 Å². The molecule has 154 valence electrons. The molecule has 0 N–H and O–H groups in total. The fraction of sp³-hybridized carbons (Fsp3) is 0.350. The Labute approximate surface area is 179 Å². The summed E-state index contributed by atoms with van der Waals surface area (Å²) in [5.41, 5.74) is 0.216. The van der Waals surface area contributed by atoms with Gasteiger partial charge in [-0.25, -0.2) is 12.8 Å². The van der Waals surface area contributed by atoms with Crippen LogP contribution in [0.5, 0.6) is 0 Å².